The third kappa shape index (κ3) is 3.69. The van der Waals surface area contributed by atoms with Crippen molar-refractivity contribution in [3.63, 3.8) is 0 Å². The van der Waals surface area contributed by atoms with E-state index in [2.05, 4.69) is 5.32 Å². The largest absolute Gasteiger partial charge is 0.456 e. The van der Waals surface area contributed by atoms with E-state index in [-0.39, 0.29) is 25.3 Å². The van der Waals surface area contributed by atoms with Crippen molar-refractivity contribution in [3.8, 4) is 11.5 Å². The molecule has 1 aromatic carbocycles. The van der Waals surface area contributed by atoms with E-state index in [1.807, 2.05) is 0 Å². The Kier molecular flexibility index (Phi) is 4.46. The number of amides is 1. The van der Waals surface area contributed by atoms with Gasteiger partial charge in [0.25, 0.3) is 5.91 Å². The molecule has 22 heavy (non-hydrogen) atoms. The second kappa shape index (κ2) is 6.68. The second-order valence-electron chi connectivity index (χ2n) is 5.63. The Morgan fingerprint density at radius 3 is 2.77 bits per heavy atom. The molecule has 1 aromatic rings. The van der Waals surface area contributed by atoms with Gasteiger partial charge in [0.05, 0.1) is 0 Å². The molecular weight excluding hydrogens is 286 g/mol. The lowest BCUT2D eigenvalue weighted by molar-refractivity contribution is -0.148. The molecule has 1 fully saturated rings. The van der Waals surface area contributed by atoms with E-state index in [0.29, 0.717) is 29.5 Å². The standard InChI is InChI=1S/C16H19NO5/c18-15(9-20-16(19)7-11-3-1-2-4-11)17-12-5-6-13-14(8-12)22-10-21-13/h5-6,8,11H,1-4,7,9-10H2,(H,17,18). The van der Waals surface area contributed by atoms with E-state index in [0.717, 1.165) is 12.8 Å². The van der Waals surface area contributed by atoms with Crippen LogP contribution < -0.4 is 14.8 Å². The summed E-state index contributed by atoms with van der Waals surface area (Å²) in [5, 5.41) is 2.67. The molecule has 0 atom stereocenters. The van der Waals surface area contributed by atoms with Crippen molar-refractivity contribution in [1.82, 2.24) is 0 Å². The highest BCUT2D eigenvalue weighted by molar-refractivity contribution is 5.93. The highest BCUT2D eigenvalue weighted by Gasteiger charge is 2.20. The first-order valence-electron chi connectivity index (χ1n) is 7.56. The zero-order valence-corrected chi connectivity index (χ0v) is 12.3. The number of carbonyl (C=O) groups is 2. The molecule has 0 spiro atoms. The monoisotopic (exact) mass is 305 g/mol. The number of fused-ring (bicyclic) bond motifs is 1. The van der Waals surface area contributed by atoms with Crippen LogP contribution in [-0.4, -0.2) is 25.3 Å². The number of ether oxygens (including phenoxy) is 3. The highest BCUT2D eigenvalue weighted by atomic mass is 16.7. The topological polar surface area (TPSA) is 73.9 Å². The predicted octanol–water partition coefficient (Wildman–Crippen LogP) is 2.48. The third-order valence-electron chi connectivity index (χ3n) is 3.95. The maximum absolute atomic E-state index is 11.8. The molecule has 0 aromatic heterocycles. The van der Waals surface area contributed by atoms with Crippen molar-refractivity contribution < 1.29 is 23.8 Å². The summed E-state index contributed by atoms with van der Waals surface area (Å²) in [6, 6.07) is 5.12. The van der Waals surface area contributed by atoms with Gasteiger partial charge in [-0.1, -0.05) is 12.8 Å². The Morgan fingerprint density at radius 1 is 1.18 bits per heavy atom. The van der Waals surface area contributed by atoms with E-state index in [9.17, 15) is 9.59 Å². The minimum absolute atomic E-state index is 0.186. The van der Waals surface area contributed by atoms with E-state index in [1.165, 1.54) is 12.8 Å². The average molecular weight is 305 g/mol. The summed E-state index contributed by atoms with van der Waals surface area (Å²) in [5.74, 6) is 1.01. The number of esters is 1. The summed E-state index contributed by atoms with van der Waals surface area (Å²) in [6.45, 7) is -0.0779. The maximum Gasteiger partial charge on any atom is 0.306 e. The Balaban J connectivity index is 1.43. The predicted molar refractivity (Wildman–Crippen MR) is 78.7 cm³/mol. The maximum atomic E-state index is 11.8. The SMILES string of the molecule is O=C(COC(=O)CC1CCCC1)Nc1ccc2c(c1)OCO2. The number of benzene rings is 1. The van der Waals surface area contributed by atoms with Crippen LogP contribution in [0.15, 0.2) is 18.2 Å². The number of hydrogen-bond acceptors (Lipinski definition) is 5. The first kappa shape index (κ1) is 14.7. The summed E-state index contributed by atoms with van der Waals surface area (Å²) < 4.78 is 15.5. The van der Waals surface area contributed by atoms with Crippen LogP contribution in [0.25, 0.3) is 0 Å². The van der Waals surface area contributed by atoms with Gasteiger partial charge in [-0.05, 0) is 30.9 Å². The summed E-state index contributed by atoms with van der Waals surface area (Å²) in [4.78, 5) is 23.5. The lowest BCUT2D eigenvalue weighted by Crippen LogP contribution is -2.21. The molecule has 6 nitrogen and oxygen atoms in total. The minimum atomic E-state index is -0.362. The van der Waals surface area contributed by atoms with Crippen LogP contribution in [0.5, 0.6) is 11.5 Å². The Bertz CT molecular complexity index is 566. The number of carbonyl (C=O) groups excluding carboxylic acids is 2. The van der Waals surface area contributed by atoms with E-state index >= 15 is 0 Å². The number of hydrogen-bond donors (Lipinski definition) is 1. The molecule has 0 saturated heterocycles. The lowest BCUT2D eigenvalue weighted by atomic mass is 10.1. The molecule has 1 N–H and O–H groups in total. The van der Waals surface area contributed by atoms with E-state index < -0.39 is 0 Å². The van der Waals surface area contributed by atoms with Crippen molar-refractivity contribution in [2.75, 3.05) is 18.7 Å². The zero-order chi connectivity index (χ0) is 15.4. The van der Waals surface area contributed by atoms with Crippen LogP contribution in [0.4, 0.5) is 5.69 Å². The van der Waals surface area contributed by atoms with Crippen molar-refractivity contribution in [1.29, 1.82) is 0 Å². The fraction of sp³-hybridized carbons (Fsp3) is 0.500. The summed E-state index contributed by atoms with van der Waals surface area (Å²) in [6.07, 6.45) is 4.94. The molecule has 1 saturated carbocycles. The molecular formula is C16H19NO5. The fourth-order valence-electron chi connectivity index (χ4n) is 2.83. The molecule has 6 heteroatoms. The number of rotatable bonds is 5. The van der Waals surface area contributed by atoms with Crippen LogP contribution >= 0.6 is 0 Å². The van der Waals surface area contributed by atoms with E-state index in [1.54, 1.807) is 18.2 Å². The van der Waals surface area contributed by atoms with Gasteiger partial charge in [-0.15, -0.1) is 0 Å². The molecule has 1 aliphatic heterocycles. The Labute approximate surface area is 128 Å². The van der Waals surface area contributed by atoms with Gasteiger partial charge in [0.2, 0.25) is 6.79 Å². The van der Waals surface area contributed by atoms with Crippen LogP contribution in [-0.2, 0) is 14.3 Å². The van der Waals surface area contributed by atoms with Crippen molar-refractivity contribution in [3.05, 3.63) is 18.2 Å². The van der Waals surface area contributed by atoms with Crippen molar-refractivity contribution in [2.24, 2.45) is 5.92 Å². The van der Waals surface area contributed by atoms with Crippen LogP contribution in [0.1, 0.15) is 32.1 Å². The molecule has 0 unspecified atom stereocenters. The third-order valence-corrected chi connectivity index (χ3v) is 3.95. The van der Waals surface area contributed by atoms with Gasteiger partial charge in [-0.2, -0.15) is 0 Å². The molecule has 3 rings (SSSR count). The van der Waals surface area contributed by atoms with Crippen LogP contribution in [0.2, 0.25) is 0 Å². The highest BCUT2D eigenvalue weighted by Crippen LogP contribution is 2.34. The fourth-order valence-corrected chi connectivity index (χ4v) is 2.83. The normalized spacial score (nSPS) is 16.5. The van der Waals surface area contributed by atoms with Gasteiger partial charge in [0.15, 0.2) is 18.1 Å². The number of nitrogens with one attached hydrogen (secondary N) is 1. The van der Waals surface area contributed by atoms with Gasteiger partial charge < -0.3 is 19.5 Å². The molecule has 2 aliphatic rings. The Morgan fingerprint density at radius 2 is 1.95 bits per heavy atom. The molecule has 1 aliphatic carbocycles. The molecule has 1 heterocycles. The van der Waals surface area contributed by atoms with Crippen molar-refractivity contribution in [2.45, 2.75) is 32.1 Å². The number of anilines is 1. The van der Waals surface area contributed by atoms with E-state index in [4.69, 9.17) is 14.2 Å². The quantitative estimate of drug-likeness (QED) is 0.846. The van der Waals surface area contributed by atoms with Crippen molar-refractivity contribution >= 4 is 17.6 Å². The molecule has 0 bridgehead atoms. The first-order valence-corrected chi connectivity index (χ1v) is 7.56. The summed E-state index contributed by atoms with van der Waals surface area (Å²) in [5.41, 5.74) is 0.584. The molecule has 1 amide bonds. The smallest absolute Gasteiger partial charge is 0.306 e. The van der Waals surface area contributed by atoms with Gasteiger partial charge in [-0.25, -0.2) is 0 Å². The van der Waals surface area contributed by atoms with Crippen LogP contribution in [0, 0.1) is 5.92 Å². The second-order valence-corrected chi connectivity index (χ2v) is 5.63. The first-order chi connectivity index (χ1) is 10.7. The van der Waals surface area contributed by atoms with Gasteiger partial charge in [0.1, 0.15) is 0 Å². The van der Waals surface area contributed by atoms with Crippen LogP contribution in [0.3, 0.4) is 0 Å². The van der Waals surface area contributed by atoms with Gasteiger partial charge in [-0.3, -0.25) is 9.59 Å². The molecule has 0 radical (unpaired) electrons. The summed E-state index contributed by atoms with van der Waals surface area (Å²) in [7, 11) is 0. The minimum Gasteiger partial charge on any atom is -0.456 e. The summed E-state index contributed by atoms with van der Waals surface area (Å²) >= 11 is 0. The molecule has 118 valence electrons. The zero-order valence-electron chi connectivity index (χ0n) is 12.3. The van der Waals surface area contributed by atoms with Gasteiger partial charge >= 0.3 is 5.97 Å². The average Bonchev–Trinajstić information content (AvgIpc) is 3.15. The lowest BCUT2D eigenvalue weighted by Gasteiger charge is -2.09. The Hall–Kier alpha value is -2.24. The van der Waals surface area contributed by atoms with Gasteiger partial charge in [0, 0.05) is 18.2 Å².